The third kappa shape index (κ3) is 3.09. The van der Waals surface area contributed by atoms with E-state index in [0.717, 1.165) is 17.7 Å². The molecule has 1 aliphatic rings. The molecule has 0 atom stereocenters. The molecule has 26 heavy (non-hydrogen) atoms. The molecule has 1 aromatic heterocycles. The molecule has 3 aromatic rings. The molecule has 0 unspecified atom stereocenters. The van der Waals surface area contributed by atoms with Crippen molar-refractivity contribution in [1.29, 1.82) is 0 Å². The van der Waals surface area contributed by atoms with E-state index in [-0.39, 0.29) is 17.6 Å². The van der Waals surface area contributed by atoms with Gasteiger partial charge in [-0.05, 0) is 54.4 Å². The van der Waals surface area contributed by atoms with Gasteiger partial charge in [0, 0.05) is 28.5 Å². The van der Waals surface area contributed by atoms with Gasteiger partial charge in [-0.3, -0.25) is 9.59 Å². The maximum Gasteiger partial charge on any atom is 0.291 e. The molecule has 0 aliphatic carbocycles. The van der Waals surface area contributed by atoms with Crippen molar-refractivity contribution in [3.63, 3.8) is 0 Å². The third-order valence-corrected chi connectivity index (χ3v) is 4.54. The summed E-state index contributed by atoms with van der Waals surface area (Å²) in [5.41, 5.74) is 2.97. The van der Waals surface area contributed by atoms with Gasteiger partial charge in [0.2, 0.25) is 0 Å². The van der Waals surface area contributed by atoms with Crippen molar-refractivity contribution in [1.82, 2.24) is 0 Å². The van der Waals surface area contributed by atoms with Gasteiger partial charge in [0.15, 0.2) is 5.76 Å². The number of rotatable bonds is 3. The van der Waals surface area contributed by atoms with Crippen LogP contribution < -0.4 is 10.2 Å². The summed E-state index contributed by atoms with van der Waals surface area (Å²) in [6, 6.07) is 15.7. The maximum absolute atomic E-state index is 12.9. The molecule has 6 heteroatoms. The zero-order chi connectivity index (χ0) is 18.1. The Kier molecular flexibility index (Phi) is 4.22. The zero-order valence-corrected chi connectivity index (χ0v) is 14.5. The number of anilines is 2. The molecule has 5 nitrogen and oxygen atoms in total. The Morgan fingerprint density at radius 3 is 2.77 bits per heavy atom. The smallest absolute Gasteiger partial charge is 0.291 e. The van der Waals surface area contributed by atoms with Crippen LogP contribution in [0.2, 0.25) is 5.02 Å². The van der Waals surface area contributed by atoms with Gasteiger partial charge >= 0.3 is 0 Å². The second-order valence-corrected chi connectivity index (χ2v) is 6.43. The van der Waals surface area contributed by atoms with Crippen molar-refractivity contribution >= 4 is 34.8 Å². The van der Waals surface area contributed by atoms with Crippen LogP contribution in [0.5, 0.6) is 0 Å². The number of nitrogens with one attached hydrogen (secondary N) is 1. The summed E-state index contributed by atoms with van der Waals surface area (Å²) in [5, 5.41) is 3.33. The molecule has 2 heterocycles. The fourth-order valence-electron chi connectivity index (χ4n) is 3.05. The number of carbonyl (C=O) groups excluding carboxylic acids is 2. The van der Waals surface area contributed by atoms with Crippen molar-refractivity contribution in [3.05, 3.63) is 82.8 Å². The Balaban J connectivity index is 1.57. The molecule has 1 N–H and O–H groups in total. The van der Waals surface area contributed by atoms with Crippen molar-refractivity contribution < 1.29 is 14.0 Å². The van der Waals surface area contributed by atoms with E-state index in [9.17, 15) is 9.59 Å². The largest absolute Gasteiger partial charge is 0.459 e. The molecule has 1 aliphatic heterocycles. The van der Waals surface area contributed by atoms with Gasteiger partial charge in [-0.2, -0.15) is 0 Å². The monoisotopic (exact) mass is 366 g/mol. The summed E-state index contributed by atoms with van der Waals surface area (Å²) < 4.78 is 5.08. The van der Waals surface area contributed by atoms with Gasteiger partial charge < -0.3 is 14.6 Å². The number of fused-ring (bicyclic) bond motifs is 1. The van der Waals surface area contributed by atoms with Gasteiger partial charge in [0.05, 0.1) is 6.26 Å². The molecule has 0 saturated carbocycles. The molecule has 0 spiro atoms. The predicted molar refractivity (Wildman–Crippen MR) is 99.9 cm³/mol. The standard InChI is InChI=1S/C20H15ClN2O3/c21-15-7-6-13-8-9-23(17(13)12-15)20(25)14-3-1-4-16(11-14)22-19(24)18-5-2-10-26-18/h1-7,10-12H,8-9H2,(H,22,24). The molecule has 4 rings (SSSR count). The minimum Gasteiger partial charge on any atom is -0.459 e. The van der Waals surface area contributed by atoms with E-state index in [2.05, 4.69) is 5.32 Å². The summed E-state index contributed by atoms with van der Waals surface area (Å²) in [7, 11) is 0. The Bertz CT molecular complexity index is 982. The highest BCUT2D eigenvalue weighted by Crippen LogP contribution is 2.32. The number of carbonyl (C=O) groups is 2. The van der Waals surface area contributed by atoms with E-state index >= 15 is 0 Å². The topological polar surface area (TPSA) is 62.6 Å². The van der Waals surface area contributed by atoms with E-state index in [4.69, 9.17) is 16.0 Å². The van der Waals surface area contributed by atoms with E-state index in [1.165, 1.54) is 6.26 Å². The third-order valence-electron chi connectivity index (χ3n) is 4.30. The van der Waals surface area contributed by atoms with E-state index < -0.39 is 0 Å². The first-order valence-corrected chi connectivity index (χ1v) is 8.55. The van der Waals surface area contributed by atoms with Crippen molar-refractivity contribution in [2.24, 2.45) is 0 Å². The average Bonchev–Trinajstić information content (AvgIpc) is 3.31. The fraction of sp³-hybridized carbons (Fsp3) is 0.100. The summed E-state index contributed by atoms with van der Waals surface area (Å²) in [6.07, 6.45) is 2.23. The second-order valence-electron chi connectivity index (χ2n) is 5.99. The van der Waals surface area contributed by atoms with Crippen LogP contribution in [-0.2, 0) is 6.42 Å². The molecule has 0 saturated heterocycles. The molecule has 130 valence electrons. The van der Waals surface area contributed by atoms with E-state index in [1.807, 2.05) is 18.2 Å². The van der Waals surface area contributed by atoms with E-state index in [0.29, 0.717) is 22.8 Å². The molecule has 2 aromatic carbocycles. The van der Waals surface area contributed by atoms with Gasteiger partial charge in [0.1, 0.15) is 0 Å². The van der Waals surface area contributed by atoms with Crippen LogP contribution in [0.3, 0.4) is 0 Å². The number of benzene rings is 2. The van der Waals surface area contributed by atoms with Crippen LogP contribution in [-0.4, -0.2) is 18.4 Å². The zero-order valence-electron chi connectivity index (χ0n) is 13.7. The number of halogens is 1. The molecule has 2 amide bonds. The highest BCUT2D eigenvalue weighted by atomic mass is 35.5. The average molecular weight is 367 g/mol. The van der Waals surface area contributed by atoms with Crippen molar-refractivity contribution in [2.75, 3.05) is 16.8 Å². The highest BCUT2D eigenvalue weighted by molar-refractivity contribution is 6.31. The van der Waals surface area contributed by atoms with Crippen LogP contribution in [0.25, 0.3) is 0 Å². The first kappa shape index (κ1) is 16.4. The molecule has 0 radical (unpaired) electrons. The Hall–Kier alpha value is -3.05. The van der Waals surface area contributed by atoms with Crippen LogP contribution in [0.1, 0.15) is 26.5 Å². The second kappa shape index (κ2) is 6.69. The maximum atomic E-state index is 12.9. The minimum atomic E-state index is -0.363. The summed E-state index contributed by atoms with van der Waals surface area (Å²) in [5.74, 6) is -0.275. The summed E-state index contributed by atoms with van der Waals surface area (Å²) >= 11 is 6.08. The normalized spacial score (nSPS) is 12.7. The molecule has 0 fully saturated rings. The van der Waals surface area contributed by atoms with Crippen LogP contribution in [0.4, 0.5) is 11.4 Å². The van der Waals surface area contributed by atoms with Crippen molar-refractivity contribution in [2.45, 2.75) is 6.42 Å². The minimum absolute atomic E-state index is 0.125. The predicted octanol–water partition coefficient (Wildman–Crippen LogP) is 4.39. The van der Waals surface area contributed by atoms with Crippen LogP contribution in [0, 0.1) is 0 Å². The molecular formula is C20H15ClN2O3. The van der Waals surface area contributed by atoms with Gasteiger partial charge in [-0.1, -0.05) is 23.7 Å². The summed E-state index contributed by atoms with van der Waals surface area (Å²) in [6.45, 7) is 0.609. The lowest BCUT2D eigenvalue weighted by molar-refractivity contribution is 0.0982. The quantitative estimate of drug-likeness (QED) is 0.747. The van der Waals surface area contributed by atoms with Crippen LogP contribution >= 0.6 is 11.6 Å². The fourth-order valence-corrected chi connectivity index (χ4v) is 3.22. The number of amides is 2. The Labute approximate surface area is 155 Å². The lowest BCUT2D eigenvalue weighted by Crippen LogP contribution is -2.29. The van der Waals surface area contributed by atoms with E-state index in [1.54, 1.807) is 41.3 Å². The van der Waals surface area contributed by atoms with Gasteiger partial charge in [-0.25, -0.2) is 0 Å². The van der Waals surface area contributed by atoms with Crippen molar-refractivity contribution in [3.8, 4) is 0 Å². The first-order chi connectivity index (χ1) is 12.6. The SMILES string of the molecule is O=C(Nc1cccc(C(=O)N2CCc3ccc(Cl)cc32)c1)c1ccco1. The summed E-state index contributed by atoms with van der Waals surface area (Å²) in [4.78, 5) is 26.8. The number of furan rings is 1. The lowest BCUT2D eigenvalue weighted by atomic mass is 10.1. The van der Waals surface area contributed by atoms with Gasteiger partial charge in [-0.15, -0.1) is 0 Å². The molecule has 0 bridgehead atoms. The number of nitrogens with zero attached hydrogens (tertiary/aromatic N) is 1. The first-order valence-electron chi connectivity index (χ1n) is 8.17. The highest BCUT2D eigenvalue weighted by Gasteiger charge is 2.26. The Morgan fingerprint density at radius 2 is 1.96 bits per heavy atom. The lowest BCUT2D eigenvalue weighted by Gasteiger charge is -2.18. The Morgan fingerprint density at radius 1 is 1.08 bits per heavy atom. The number of hydrogen-bond acceptors (Lipinski definition) is 3. The number of hydrogen-bond donors (Lipinski definition) is 1. The van der Waals surface area contributed by atoms with Crippen LogP contribution in [0.15, 0.2) is 65.3 Å². The molecular weight excluding hydrogens is 352 g/mol. The van der Waals surface area contributed by atoms with Gasteiger partial charge in [0.25, 0.3) is 11.8 Å².